The van der Waals surface area contributed by atoms with Gasteiger partial charge in [0.25, 0.3) is 5.91 Å². The highest BCUT2D eigenvalue weighted by molar-refractivity contribution is 7.15. The second-order valence-corrected chi connectivity index (χ2v) is 5.82. The first-order valence-electron chi connectivity index (χ1n) is 6.64. The lowest BCUT2D eigenvalue weighted by molar-refractivity contribution is 0.102. The molecule has 0 saturated heterocycles. The molecule has 0 radical (unpaired) electrons. The first-order chi connectivity index (χ1) is 9.60. The summed E-state index contributed by atoms with van der Waals surface area (Å²) in [5.74, 6) is -0.121. The van der Waals surface area contributed by atoms with Crippen LogP contribution in [0, 0.1) is 13.8 Å². The number of anilines is 1. The van der Waals surface area contributed by atoms with Gasteiger partial charge >= 0.3 is 0 Å². The second kappa shape index (κ2) is 6.63. The molecule has 0 bridgehead atoms. The van der Waals surface area contributed by atoms with E-state index in [-0.39, 0.29) is 5.91 Å². The van der Waals surface area contributed by atoms with Crippen LogP contribution in [0.5, 0.6) is 0 Å². The van der Waals surface area contributed by atoms with E-state index in [1.165, 1.54) is 16.2 Å². The standard InChI is InChI=1S/C15H19N3OS/c1-10-5-7-12(8-6-10)14(19)18-15-17-11(2)13(20-15)4-3-9-16/h5-8H,3-4,9,16H2,1-2H3,(H,17,18,19). The summed E-state index contributed by atoms with van der Waals surface area (Å²) in [6, 6.07) is 7.49. The van der Waals surface area contributed by atoms with E-state index in [2.05, 4.69) is 10.3 Å². The molecule has 2 aromatic rings. The molecule has 0 aliphatic carbocycles. The van der Waals surface area contributed by atoms with E-state index >= 15 is 0 Å². The van der Waals surface area contributed by atoms with Crippen molar-refractivity contribution in [2.75, 3.05) is 11.9 Å². The Bertz CT molecular complexity index is 590. The van der Waals surface area contributed by atoms with Gasteiger partial charge in [-0.3, -0.25) is 10.1 Å². The van der Waals surface area contributed by atoms with Gasteiger partial charge in [0.15, 0.2) is 5.13 Å². The fourth-order valence-corrected chi connectivity index (χ4v) is 2.85. The van der Waals surface area contributed by atoms with Crippen molar-refractivity contribution >= 4 is 22.4 Å². The maximum atomic E-state index is 12.1. The molecular weight excluding hydrogens is 270 g/mol. The molecule has 1 amide bonds. The van der Waals surface area contributed by atoms with Gasteiger partial charge in [-0.1, -0.05) is 17.7 Å². The third-order valence-corrected chi connectivity index (χ3v) is 4.17. The number of nitrogens with one attached hydrogen (secondary N) is 1. The maximum absolute atomic E-state index is 12.1. The van der Waals surface area contributed by atoms with Crippen LogP contribution in [0.2, 0.25) is 0 Å². The SMILES string of the molecule is Cc1ccc(C(=O)Nc2nc(C)c(CCCN)s2)cc1. The Hall–Kier alpha value is -1.72. The van der Waals surface area contributed by atoms with Crippen molar-refractivity contribution in [2.45, 2.75) is 26.7 Å². The van der Waals surface area contributed by atoms with Gasteiger partial charge in [0.1, 0.15) is 0 Å². The molecule has 0 unspecified atom stereocenters. The molecule has 1 heterocycles. The van der Waals surface area contributed by atoms with Crippen LogP contribution in [-0.2, 0) is 6.42 Å². The number of aromatic nitrogens is 1. The van der Waals surface area contributed by atoms with E-state index in [4.69, 9.17) is 5.73 Å². The number of thiazole rings is 1. The second-order valence-electron chi connectivity index (χ2n) is 4.74. The molecule has 4 nitrogen and oxygen atoms in total. The number of hydrogen-bond donors (Lipinski definition) is 2. The van der Waals surface area contributed by atoms with E-state index in [1.54, 1.807) is 0 Å². The highest BCUT2D eigenvalue weighted by Crippen LogP contribution is 2.24. The summed E-state index contributed by atoms with van der Waals surface area (Å²) >= 11 is 1.53. The molecule has 3 N–H and O–H groups in total. The van der Waals surface area contributed by atoms with Crippen molar-refractivity contribution in [1.29, 1.82) is 0 Å². The highest BCUT2D eigenvalue weighted by Gasteiger charge is 2.11. The Balaban J connectivity index is 2.06. The highest BCUT2D eigenvalue weighted by atomic mass is 32.1. The number of benzene rings is 1. The molecule has 0 aliphatic rings. The summed E-state index contributed by atoms with van der Waals surface area (Å²) < 4.78 is 0. The van der Waals surface area contributed by atoms with Crippen LogP contribution in [-0.4, -0.2) is 17.4 Å². The Morgan fingerprint density at radius 2 is 2.00 bits per heavy atom. The van der Waals surface area contributed by atoms with Crippen LogP contribution < -0.4 is 11.1 Å². The summed E-state index contributed by atoms with van der Waals surface area (Å²) in [5, 5.41) is 3.51. The van der Waals surface area contributed by atoms with Crippen molar-refractivity contribution < 1.29 is 4.79 Å². The lowest BCUT2D eigenvalue weighted by Crippen LogP contribution is -2.11. The first-order valence-corrected chi connectivity index (χ1v) is 7.46. The van der Waals surface area contributed by atoms with Gasteiger partial charge in [-0.05, 0) is 45.4 Å². The Kier molecular flexibility index (Phi) is 4.87. The minimum absolute atomic E-state index is 0.121. The van der Waals surface area contributed by atoms with Gasteiger partial charge in [0.2, 0.25) is 0 Å². The fourth-order valence-electron chi connectivity index (χ4n) is 1.85. The summed E-state index contributed by atoms with van der Waals surface area (Å²) in [6.45, 7) is 4.63. The molecule has 0 aliphatic heterocycles. The van der Waals surface area contributed by atoms with E-state index in [9.17, 15) is 4.79 Å². The van der Waals surface area contributed by atoms with Gasteiger partial charge in [0.05, 0.1) is 5.69 Å². The Labute approximate surface area is 123 Å². The van der Waals surface area contributed by atoms with Crippen LogP contribution in [0.3, 0.4) is 0 Å². The minimum Gasteiger partial charge on any atom is -0.330 e. The molecule has 0 saturated carbocycles. The van der Waals surface area contributed by atoms with Crippen molar-refractivity contribution in [2.24, 2.45) is 5.73 Å². The van der Waals surface area contributed by atoms with E-state index in [1.807, 2.05) is 38.1 Å². The molecule has 106 valence electrons. The molecule has 0 fully saturated rings. The quantitative estimate of drug-likeness (QED) is 0.889. The number of carbonyl (C=O) groups is 1. The average molecular weight is 289 g/mol. The van der Waals surface area contributed by atoms with Crippen LogP contribution in [0.15, 0.2) is 24.3 Å². The van der Waals surface area contributed by atoms with Crippen molar-refractivity contribution in [1.82, 2.24) is 4.98 Å². The summed E-state index contributed by atoms with van der Waals surface area (Å²) in [6.07, 6.45) is 1.86. The summed E-state index contributed by atoms with van der Waals surface area (Å²) in [5.41, 5.74) is 8.27. The molecule has 2 rings (SSSR count). The number of nitrogens with zero attached hydrogens (tertiary/aromatic N) is 1. The number of carbonyl (C=O) groups excluding carboxylic acids is 1. The fraction of sp³-hybridized carbons (Fsp3) is 0.333. The molecule has 0 spiro atoms. The first kappa shape index (κ1) is 14.7. The van der Waals surface area contributed by atoms with Crippen LogP contribution in [0.1, 0.15) is 32.9 Å². The maximum Gasteiger partial charge on any atom is 0.257 e. The van der Waals surface area contributed by atoms with E-state index in [0.717, 1.165) is 24.1 Å². The smallest absolute Gasteiger partial charge is 0.257 e. The number of nitrogens with two attached hydrogens (primary N) is 1. The molecule has 0 atom stereocenters. The molecule has 1 aromatic heterocycles. The zero-order valence-corrected chi connectivity index (χ0v) is 12.6. The summed E-state index contributed by atoms with van der Waals surface area (Å²) in [4.78, 5) is 17.7. The van der Waals surface area contributed by atoms with Gasteiger partial charge in [-0.15, -0.1) is 11.3 Å². The number of hydrogen-bond acceptors (Lipinski definition) is 4. The zero-order chi connectivity index (χ0) is 14.5. The van der Waals surface area contributed by atoms with Gasteiger partial charge in [-0.25, -0.2) is 4.98 Å². The molecular formula is C15H19N3OS. The van der Waals surface area contributed by atoms with Gasteiger partial charge < -0.3 is 5.73 Å². The predicted octanol–water partition coefficient (Wildman–Crippen LogP) is 2.90. The zero-order valence-electron chi connectivity index (χ0n) is 11.8. The third kappa shape index (κ3) is 3.65. The topological polar surface area (TPSA) is 68.0 Å². The van der Waals surface area contributed by atoms with Gasteiger partial charge in [0, 0.05) is 10.4 Å². The largest absolute Gasteiger partial charge is 0.330 e. The number of aryl methyl sites for hydroxylation is 3. The van der Waals surface area contributed by atoms with E-state index in [0.29, 0.717) is 17.2 Å². The number of amides is 1. The Morgan fingerprint density at radius 1 is 1.30 bits per heavy atom. The van der Waals surface area contributed by atoms with Crippen LogP contribution >= 0.6 is 11.3 Å². The van der Waals surface area contributed by atoms with Crippen molar-refractivity contribution in [3.63, 3.8) is 0 Å². The van der Waals surface area contributed by atoms with Crippen LogP contribution in [0.4, 0.5) is 5.13 Å². The lowest BCUT2D eigenvalue weighted by atomic mass is 10.1. The predicted molar refractivity (Wildman–Crippen MR) is 83.4 cm³/mol. The number of rotatable bonds is 5. The van der Waals surface area contributed by atoms with E-state index < -0.39 is 0 Å². The Morgan fingerprint density at radius 3 is 2.65 bits per heavy atom. The molecule has 1 aromatic carbocycles. The monoisotopic (exact) mass is 289 g/mol. The van der Waals surface area contributed by atoms with Gasteiger partial charge in [-0.2, -0.15) is 0 Å². The third-order valence-electron chi connectivity index (χ3n) is 3.03. The molecule has 5 heteroatoms. The van der Waals surface area contributed by atoms with Crippen LogP contribution in [0.25, 0.3) is 0 Å². The normalized spacial score (nSPS) is 10.6. The lowest BCUT2D eigenvalue weighted by Gasteiger charge is -2.01. The van der Waals surface area contributed by atoms with Crippen molar-refractivity contribution in [3.8, 4) is 0 Å². The average Bonchev–Trinajstić information content (AvgIpc) is 2.77. The van der Waals surface area contributed by atoms with Crippen molar-refractivity contribution in [3.05, 3.63) is 46.0 Å². The molecule has 20 heavy (non-hydrogen) atoms. The summed E-state index contributed by atoms with van der Waals surface area (Å²) in [7, 11) is 0. The minimum atomic E-state index is -0.121.